The maximum Gasteiger partial charge on any atom is 0.322 e. The lowest BCUT2D eigenvalue weighted by Gasteiger charge is -2.34. The van der Waals surface area contributed by atoms with Gasteiger partial charge in [-0.2, -0.15) is 0 Å². The van der Waals surface area contributed by atoms with Gasteiger partial charge in [-0.3, -0.25) is 4.79 Å². The molecule has 0 spiro atoms. The summed E-state index contributed by atoms with van der Waals surface area (Å²) in [5.41, 5.74) is 3.14. The zero-order chi connectivity index (χ0) is 21.8. The molecule has 1 aliphatic rings. The van der Waals surface area contributed by atoms with Crippen LogP contribution in [0.5, 0.6) is 0 Å². The van der Waals surface area contributed by atoms with Crippen LogP contribution >= 0.6 is 11.6 Å². The lowest BCUT2D eigenvalue weighted by molar-refractivity contribution is 0.162. The maximum atomic E-state index is 13.3. The number of nitrogens with zero attached hydrogens (tertiary/aromatic N) is 1. The third-order valence-electron chi connectivity index (χ3n) is 6.09. The molecule has 1 saturated carbocycles. The van der Waals surface area contributed by atoms with Crippen molar-refractivity contribution in [3.63, 3.8) is 0 Å². The van der Waals surface area contributed by atoms with Crippen molar-refractivity contribution < 1.29 is 4.79 Å². The average Bonchev–Trinajstić information content (AvgIpc) is 2.78. The Labute approximate surface area is 187 Å². The van der Waals surface area contributed by atoms with Gasteiger partial charge < -0.3 is 15.2 Å². The molecule has 2 aromatic carbocycles. The number of rotatable bonds is 5. The van der Waals surface area contributed by atoms with Gasteiger partial charge in [0.05, 0.1) is 6.54 Å². The Balaban J connectivity index is 1.64. The van der Waals surface area contributed by atoms with Crippen molar-refractivity contribution in [3.05, 3.63) is 75.0 Å². The number of hydrogen-bond donors (Lipinski definition) is 2. The van der Waals surface area contributed by atoms with E-state index in [1.165, 1.54) is 12.0 Å². The molecule has 0 radical (unpaired) electrons. The summed E-state index contributed by atoms with van der Waals surface area (Å²) in [6.07, 6.45) is 6.22. The predicted octanol–water partition coefficient (Wildman–Crippen LogP) is 6.11. The van der Waals surface area contributed by atoms with Crippen LogP contribution in [0.1, 0.15) is 50.2 Å². The third kappa shape index (κ3) is 5.10. The highest BCUT2D eigenvalue weighted by Crippen LogP contribution is 2.26. The van der Waals surface area contributed by atoms with Crippen molar-refractivity contribution >= 4 is 34.2 Å². The Morgan fingerprint density at radius 2 is 1.94 bits per heavy atom. The van der Waals surface area contributed by atoms with E-state index in [1.54, 1.807) is 12.1 Å². The van der Waals surface area contributed by atoms with Gasteiger partial charge in [0.1, 0.15) is 0 Å². The fourth-order valence-electron chi connectivity index (χ4n) is 4.34. The minimum absolute atomic E-state index is 0.116. The minimum Gasteiger partial charge on any atom is -0.322 e. The lowest BCUT2D eigenvalue weighted by atomic mass is 9.94. The van der Waals surface area contributed by atoms with Crippen molar-refractivity contribution in [1.82, 2.24) is 9.88 Å². The molecule has 5 nitrogen and oxygen atoms in total. The van der Waals surface area contributed by atoms with E-state index in [-0.39, 0.29) is 24.2 Å². The molecule has 1 aromatic heterocycles. The van der Waals surface area contributed by atoms with Crippen LogP contribution in [0.2, 0.25) is 5.02 Å². The number of carbonyl (C=O) groups is 1. The van der Waals surface area contributed by atoms with Crippen molar-refractivity contribution in [3.8, 4) is 0 Å². The van der Waals surface area contributed by atoms with Crippen molar-refractivity contribution in [2.75, 3.05) is 5.32 Å². The number of amides is 2. The summed E-state index contributed by atoms with van der Waals surface area (Å²) < 4.78 is 0. The number of aryl methyl sites for hydroxylation is 1. The molecule has 1 heterocycles. The molecule has 1 fully saturated rings. The van der Waals surface area contributed by atoms with E-state index in [4.69, 9.17) is 11.6 Å². The molecule has 0 unspecified atom stereocenters. The fraction of sp³-hybridized carbons (Fsp3) is 0.360. The van der Waals surface area contributed by atoms with Gasteiger partial charge in [-0.05, 0) is 66.6 Å². The number of nitrogens with one attached hydrogen (secondary N) is 2. The Hall–Kier alpha value is -2.79. The molecule has 6 heteroatoms. The molecule has 2 N–H and O–H groups in total. The van der Waals surface area contributed by atoms with Crippen molar-refractivity contribution in [2.45, 2.75) is 58.0 Å². The van der Waals surface area contributed by atoms with Crippen molar-refractivity contribution in [1.29, 1.82) is 0 Å². The van der Waals surface area contributed by atoms with E-state index in [1.807, 2.05) is 35.2 Å². The van der Waals surface area contributed by atoms with Crippen LogP contribution in [0, 0.1) is 0 Å². The number of carbonyl (C=O) groups excluding carboxylic acids is 1. The van der Waals surface area contributed by atoms with Crippen LogP contribution in [0.3, 0.4) is 0 Å². The number of hydrogen-bond acceptors (Lipinski definition) is 2. The number of anilines is 1. The summed E-state index contributed by atoms with van der Waals surface area (Å²) in [7, 11) is 0. The van der Waals surface area contributed by atoms with Gasteiger partial charge in [-0.25, -0.2) is 4.79 Å². The normalized spacial score (nSPS) is 14.5. The van der Waals surface area contributed by atoms with Crippen LogP contribution in [0.25, 0.3) is 10.9 Å². The largest absolute Gasteiger partial charge is 0.322 e. The molecule has 3 aromatic rings. The average molecular weight is 438 g/mol. The summed E-state index contributed by atoms with van der Waals surface area (Å²) >= 11 is 6.08. The number of halogens is 1. The molecule has 0 aliphatic heterocycles. The second-order valence-corrected chi connectivity index (χ2v) is 8.70. The van der Waals surface area contributed by atoms with Crippen LogP contribution in [-0.4, -0.2) is 22.0 Å². The van der Waals surface area contributed by atoms with Crippen molar-refractivity contribution in [2.24, 2.45) is 0 Å². The number of fused-ring (bicyclic) bond motifs is 1. The quantitative estimate of drug-likeness (QED) is 0.505. The lowest BCUT2D eigenvalue weighted by Crippen LogP contribution is -2.44. The fourth-order valence-corrected chi connectivity index (χ4v) is 4.53. The Kier molecular flexibility index (Phi) is 6.62. The highest BCUT2D eigenvalue weighted by Gasteiger charge is 2.26. The standard InChI is InChI=1S/C25H28ClN3O2/c1-2-17-11-12-23-18(13-17)14-19(24(30)28-23)16-29(22-9-4-3-5-10-22)25(31)27-21-8-6-7-20(26)15-21/h6-8,11-15,22H,2-5,9-10,16H2,1H3,(H,27,31)(H,28,30). The number of aromatic nitrogens is 1. The second kappa shape index (κ2) is 9.56. The van der Waals surface area contributed by atoms with Gasteiger partial charge in [0.15, 0.2) is 0 Å². The smallest absolute Gasteiger partial charge is 0.322 e. The summed E-state index contributed by atoms with van der Waals surface area (Å²) in [6, 6.07) is 15.1. The number of aromatic amines is 1. The van der Waals surface area contributed by atoms with Gasteiger partial charge in [0.25, 0.3) is 5.56 Å². The Morgan fingerprint density at radius 3 is 2.68 bits per heavy atom. The molecule has 2 amide bonds. The summed E-state index contributed by atoms with van der Waals surface area (Å²) in [5, 5.41) is 4.53. The molecule has 162 valence electrons. The van der Waals surface area contributed by atoms with E-state index in [2.05, 4.69) is 23.3 Å². The van der Waals surface area contributed by atoms with E-state index < -0.39 is 0 Å². The van der Waals surface area contributed by atoms with Crippen LogP contribution in [0.4, 0.5) is 10.5 Å². The van der Waals surface area contributed by atoms with E-state index in [0.29, 0.717) is 16.3 Å². The molecule has 1 aliphatic carbocycles. The van der Waals surface area contributed by atoms with E-state index >= 15 is 0 Å². The van der Waals surface area contributed by atoms with Gasteiger partial charge in [0.2, 0.25) is 0 Å². The van der Waals surface area contributed by atoms with Crippen LogP contribution < -0.4 is 10.9 Å². The Morgan fingerprint density at radius 1 is 1.13 bits per heavy atom. The van der Waals surface area contributed by atoms with Gasteiger partial charge in [-0.15, -0.1) is 0 Å². The number of pyridine rings is 1. The van der Waals surface area contributed by atoms with Gasteiger partial charge in [-0.1, -0.05) is 49.9 Å². The summed E-state index contributed by atoms with van der Waals surface area (Å²) in [4.78, 5) is 30.9. The second-order valence-electron chi connectivity index (χ2n) is 8.26. The molecule has 0 bridgehead atoms. The highest BCUT2D eigenvalue weighted by atomic mass is 35.5. The maximum absolute atomic E-state index is 13.3. The molecule has 4 rings (SSSR count). The Bertz CT molecular complexity index is 1140. The number of urea groups is 1. The topological polar surface area (TPSA) is 65.2 Å². The number of H-pyrrole nitrogens is 1. The monoisotopic (exact) mass is 437 g/mol. The molecular formula is C25H28ClN3O2. The van der Waals surface area contributed by atoms with E-state index in [9.17, 15) is 9.59 Å². The molecular weight excluding hydrogens is 410 g/mol. The minimum atomic E-state index is -0.198. The third-order valence-corrected chi connectivity index (χ3v) is 6.32. The zero-order valence-corrected chi connectivity index (χ0v) is 18.5. The van der Waals surface area contributed by atoms with E-state index in [0.717, 1.165) is 43.0 Å². The first-order valence-corrected chi connectivity index (χ1v) is 11.4. The summed E-state index contributed by atoms with van der Waals surface area (Å²) in [6.45, 7) is 2.39. The van der Waals surface area contributed by atoms with Crippen LogP contribution in [-0.2, 0) is 13.0 Å². The first kappa shape index (κ1) is 21.4. The molecule has 31 heavy (non-hydrogen) atoms. The molecule has 0 atom stereocenters. The number of benzene rings is 2. The predicted molar refractivity (Wildman–Crippen MR) is 127 cm³/mol. The van der Waals surface area contributed by atoms with Gasteiger partial charge in [0, 0.05) is 27.8 Å². The zero-order valence-electron chi connectivity index (χ0n) is 17.8. The molecule has 0 saturated heterocycles. The first-order chi connectivity index (χ1) is 15.0. The highest BCUT2D eigenvalue weighted by molar-refractivity contribution is 6.30. The summed E-state index contributed by atoms with van der Waals surface area (Å²) in [5.74, 6) is 0. The SMILES string of the molecule is CCc1ccc2[nH]c(=O)c(CN(C(=O)Nc3cccc(Cl)c3)C3CCCCC3)cc2c1. The first-order valence-electron chi connectivity index (χ1n) is 11.0. The van der Waals surface area contributed by atoms with Gasteiger partial charge >= 0.3 is 6.03 Å². The van der Waals surface area contributed by atoms with Crippen LogP contribution in [0.15, 0.2) is 53.3 Å².